The number of fused-ring (bicyclic) bond motifs is 1. The summed E-state index contributed by atoms with van der Waals surface area (Å²) in [5, 5.41) is 4.46. The summed E-state index contributed by atoms with van der Waals surface area (Å²) in [6.45, 7) is 1.78. The molecule has 2 aromatic rings. The van der Waals surface area contributed by atoms with Crippen molar-refractivity contribution in [3.05, 3.63) is 23.1 Å². The van der Waals surface area contributed by atoms with Crippen LogP contribution in [0.4, 0.5) is 14.5 Å². The molecule has 0 bridgehead atoms. The largest absolute Gasteiger partial charge is 0.379 e. The second-order valence-electron chi connectivity index (χ2n) is 8.35. The number of methoxy groups -OCH3 is 1. The standard InChI is InChI=1S/C18H27ClF2N4O7P2/c1-12(7-13(31-2)10-32-34(29,30)11-33(26,27)28)15-9-22-17-14(8-16(19)23-25(15)17)24-5-3-18(20,21)4-6-24/h8-9,12-13H,3-7,10-11H2,1-2H3,(H,29,30)(H2,26,27,28)/t12?,13-/m0/s1. The topological polar surface area (TPSA) is 147 Å². The fourth-order valence-electron chi connectivity index (χ4n) is 3.80. The van der Waals surface area contributed by atoms with Crippen LogP contribution in [0.15, 0.2) is 12.3 Å². The molecule has 2 aromatic heterocycles. The van der Waals surface area contributed by atoms with Gasteiger partial charge in [-0.05, 0) is 6.42 Å². The van der Waals surface area contributed by atoms with E-state index in [1.54, 1.807) is 17.2 Å². The zero-order valence-corrected chi connectivity index (χ0v) is 21.1. The fraction of sp³-hybridized carbons (Fsp3) is 0.667. The molecule has 3 heterocycles. The van der Waals surface area contributed by atoms with Gasteiger partial charge < -0.3 is 28.8 Å². The van der Waals surface area contributed by atoms with Crippen molar-refractivity contribution in [1.29, 1.82) is 0 Å². The predicted octanol–water partition coefficient (Wildman–Crippen LogP) is 3.46. The van der Waals surface area contributed by atoms with Crippen molar-refractivity contribution in [2.75, 3.05) is 37.6 Å². The van der Waals surface area contributed by atoms with Crippen molar-refractivity contribution in [3.63, 3.8) is 0 Å². The van der Waals surface area contributed by atoms with Gasteiger partial charge in [0, 0.05) is 45.0 Å². The van der Waals surface area contributed by atoms with Gasteiger partial charge >= 0.3 is 15.2 Å². The minimum Gasteiger partial charge on any atom is -0.379 e. The highest BCUT2D eigenvalue weighted by Crippen LogP contribution is 2.55. The Bertz CT molecular complexity index is 1110. The molecule has 34 heavy (non-hydrogen) atoms. The SMILES string of the molecule is CO[C@H](COP(=O)(O)CP(=O)(O)O)CC(C)c1cnc2c(N3CCC(F)(F)CC3)cc(Cl)nn12. The van der Waals surface area contributed by atoms with Gasteiger partial charge in [-0.1, -0.05) is 18.5 Å². The molecule has 3 atom stereocenters. The van der Waals surface area contributed by atoms with Crippen molar-refractivity contribution in [3.8, 4) is 0 Å². The third-order valence-corrected chi connectivity index (χ3v) is 9.20. The van der Waals surface area contributed by atoms with E-state index in [0.29, 0.717) is 23.4 Å². The van der Waals surface area contributed by atoms with Crippen LogP contribution in [0.3, 0.4) is 0 Å². The van der Waals surface area contributed by atoms with Crippen LogP contribution in [0.25, 0.3) is 5.65 Å². The number of nitrogens with zero attached hydrogens (tertiary/aromatic N) is 4. The lowest BCUT2D eigenvalue weighted by Crippen LogP contribution is -2.39. The average Bonchev–Trinajstić information content (AvgIpc) is 3.12. The van der Waals surface area contributed by atoms with Gasteiger partial charge in [-0.2, -0.15) is 5.10 Å². The molecule has 1 aliphatic rings. The van der Waals surface area contributed by atoms with Gasteiger partial charge in [0.05, 0.1) is 30.3 Å². The van der Waals surface area contributed by atoms with Gasteiger partial charge in [-0.25, -0.2) is 18.3 Å². The Hall–Kier alpha value is -1.17. The predicted molar refractivity (Wildman–Crippen MR) is 121 cm³/mol. The molecule has 3 rings (SSSR count). The van der Waals surface area contributed by atoms with E-state index in [-0.39, 0.29) is 43.6 Å². The summed E-state index contributed by atoms with van der Waals surface area (Å²) < 4.78 is 61.8. The summed E-state index contributed by atoms with van der Waals surface area (Å²) >= 11 is 6.22. The molecule has 0 aromatic carbocycles. The molecule has 11 nitrogen and oxygen atoms in total. The lowest BCUT2D eigenvalue weighted by molar-refractivity contribution is -0.0220. The molecule has 1 fully saturated rings. The molecule has 2 unspecified atom stereocenters. The van der Waals surface area contributed by atoms with Crippen LogP contribution in [0.5, 0.6) is 0 Å². The van der Waals surface area contributed by atoms with Crippen molar-refractivity contribution < 1.29 is 41.9 Å². The second-order valence-corrected chi connectivity index (χ2v) is 12.7. The Labute approximate surface area is 199 Å². The summed E-state index contributed by atoms with van der Waals surface area (Å²) in [6.07, 6.45) is 0.661. The van der Waals surface area contributed by atoms with Crippen molar-refractivity contribution in [2.24, 2.45) is 0 Å². The number of aromatic nitrogens is 3. The molecule has 0 aliphatic carbocycles. The molecule has 0 saturated carbocycles. The third kappa shape index (κ3) is 7.18. The van der Waals surface area contributed by atoms with Gasteiger partial charge in [0.1, 0.15) is 0 Å². The van der Waals surface area contributed by atoms with Crippen LogP contribution in [-0.4, -0.2) is 74.0 Å². The molecule has 0 amide bonds. The summed E-state index contributed by atoms with van der Waals surface area (Å²) in [5.74, 6) is -4.24. The maximum absolute atomic E-state index is 13.6. The molecule has 3 N–H and O–H groups in total. The molecule has 1 saturated heterocycles. The van der Waals surface area contributed by atoms with Crippen molar-refractivity contribution in [1.82, 2.24) is 14.6 Å². The van der Waals surface area contributed by atoms with E-state index in [1.807, 2.05) is 6.92 Å². The molecule has 16 heteroatoms. The van der Waals surface area contributed by atoms with Crippen LogP contribution in [0.2, 0.25) is 5.15 Å². The maximum Gasteiger partial charge on any atom is 0.340 e. The number of hydrogen-bond acceptors (Lipinski definition) is 7. The molecule has 0 radical (unpaired) electrons. The van der Waals surface area contributed by atoms with Crippen LogP contribution in [0.1, 0.15) is 37.8 Å². The number of imidazole rings is 1. The number of halogens is 3. The van der Waals surface area contributed by atoms with Gasteiger partial charge in [0.2, 0.25) is 0 Å². The second kappa shape index (κ2) is 10.4. The summed E-state index contributed by atoms with van der Waals surface area (Å²) in [6, 6.07) is 1.59. The summed E-state index contributed by atoms with van der Waals surface area (Å²) in [4.78, 5) is 33.7. The highest BCUT2D eigenvalue weighted by Gasteiger charge is 2.35. The minimum atomic E-state index is -4.74. The van der Waals surface area contributed by atoms with Crippen LogP contribution < -0.4 is 4.90 Å². The molecular weight excluding hydrogens is 520 g/mol. The van der Waals surface area contributed by atoms with E-state index in [0.717, 1.165) is 0 Å². The number of piperidine rings is 1. The summed E-state index contributed by atoms with van der Waals surface area (Å²) in [5.41, 5.74) is 1.70. The van der Waals surface area contributed by atoms with Gasteiger partial charge in [-0.15, -0.1) is 0 Å². The van der Waals surface area contributed by atoms with E-state index in [4.69, 9.17) is 30.6 Å². The van der Waals surface area contributed by atoms with Crippen LogP contribution in [0, 0.1) is 0 Å². The van der Waals surface area contributed by atoms with Crippen LogP contribution in [-0.2, 0) is 18.4 Å². The maximum atomic E-state index is 13.6. The Morgan fingerprint density at radius 3 is 2.50 bits per heavy atom. The first-order chi connectivity index (χ1) is 15.7. The van der Waals surface area contributed by atoms with E-state index in [2.05, 4.69) is 10.1 Å². The van der Waals surface area contributed by atoms with E-state index < -0.39 is 33.1 Å². The zero-order chi connectivity index (χ0) is 25.3. The first kappa shape index (κ1) is 27.4. The molecule has 1 aliphatic heterocycles. The zero-order valence-electron chi connectivity index (χ0n) is 18.6. The van der Waals surface area contributed by atoms with Gasteiger partial charge in [0.25, 0.3) is 5.92 Å². The minimum absolute atomic E-state index is 0.152. The van der Waals surface area contributed by atoms with Gasteiger partial charge in [0.15, 0.2) is 16.7 Å². The number of anilines is 1. The number of rotatable bonds is 10. The lowest BCUT2D eigenvalue weighted by Gasteiger charge is -2.33. The highest BCUT2D eigenvalue weighted by molar-refractivity contribution is 7.70. The summed E-state index contributed by atoms with van der Waals surface area (Å²) in [7, 11) is -7.87. The molecule has 0 spiro atoms. The third-order valence-electron chi connectivity index (χ3n) is 5.56. The van der Waals surface area contributed by atoms with E-state index >= 15 is 0 Å². The molecule has 192 valence electrons. The normalized spacial score (nSPS) is 20.3. The first-order valence-electron chi connectivity index (χ1n) is 10.4. The quantitative estimate of drug-likeness (QED) is 0.378. The van der Waals surface area contributed by atoms with E-state index in [9.17, 15) is 22.8 Å². The number of ether oxygens (including phenoxy) is 1. The lowest BCUT2D eigenvalue weighted by atomic mass is 10.0. The average molecular weight is 547 g/mol. The Balaban J connectivity index is 1.75. The van der Waals surface area contributed by atoms with E-state index in [1.165, 1.54) is 11.6 Å². The van der Waals surface area contributed by atoms with Crippen molar-refractivity contribution in [2.45, 2.75) is 44.1 Å². The molecular formula is C18H27ClF2N4O7P2. The smallest absolute Gasteiger partial charge is 0.340 e. The fourth-order valence-corrected chi connectivity index (χ4v) is 6.57. The van der Waals surface area contributed by atoms with Gasteiger partial charge in [-0.3, -0.25) is 9.13 Å². The van der Waals surface area contributed by atoms with Crippen LogP contribution >= 0.6 is 26.8 Å². The highest BCUT2D eigenvalue weighted by atomic mass is 35.5. The number of hydrogen-bond donors (Lipinski definition) is 3. The first-order valence-corrected chi connectivity index (χ1v) is 14.3. The van der Waals surface area contributed by atoms with Crippen molar-refractivity contribution >= 4 is 38.1 Å². The Kier molecular flexibility index (Phi) is 8.42. The number of alkyl halides is 2. The Morgan fingerprint density at radius 1 is 1.26 bits per heavy atom. The monoisotopic (exact) mass is 546 g/mol. The Morgan fingerprint density at radius 2 is 1.91 bits per heavy atom.